The van der Waals surface area contributed by atoms with Gasteiger partial charge in [0.15, 0.2) is 0 Å². The van der Waals surface area contributed by atoms with Crippen molar-refractivity contribution >= 4 is 39.3 Å². The highest BCUT2D eigenvalue weighted by molar-refractivity contribution is 6.15. The predicted octanol–water partition coefficient (Wildman–Crippen LogP) is 4.11. The van der Waals surface area contributed by atoms with Crippen molar-refractivity contribution in [3.05, 3.63) is 72.1 Å². The molecular formula is C27H25F2N5O2. The van der Waals surface area contributed by atoms with E-state index in [9.17, 15) is 18.4 Å². The van der Waals surface area contributed by atoms with Gasteiger partial charge in [-0.1, -0.05) is 0 Å². The largest absolute Gasteiger partial charge is 0.365 e. The van der Waals surface area contributed by atoms with Crippen LogP contribution in [0.25, 0.3) is 21.8 Å². The number of fused-ring (bicyclic) bond motifs is 3. The molecule has 7 nitrogen and oxygen atoms in total. The van der Waals surface area contributed by atoms with Crippen LogP contribution in [0.15, 0.2) is 54.9 Å². The summed E-state index contributed by atoms with van der Waals surface area (Å²) in [4.78, 5) is 32.2. The van der Waals surface area contributed by atoms with Crippen LogP contribution in [-0.4, -0.2) is 41.1 Å². The standard InChI is InChI=1S/C27H25F2N5O2/c28-17-3-6-19(7-4-17)33-12-2-10-27(26(33)36)9-1-11-32(16-27)34-23-8-5-18(29)13-20(23)21-14-31-15-22(24(21)34)25(30)35/h3-8,13-15H,1-2,9-12,16H2,(H2,30,35)/t27-/m1/s1. The summed E-state index contributed by atoms with van der Waals surface area (Å²) < 4.78 is 29.6. The van der Waals surface area contributed by atoms with Crippen LogP contribution in [0, 0.1) is 17.0 Å². The molecule has 2 amide bonds. The molecular weight excluding hydrogens is 464 g/mol. The smallest absolute Gasteiger partial charge is 0.252 e. The van der Waals surface area contributed by atoms with Crippen LogP contribution in [0.4, 0.5) is 14.5 Å². The van der Waals surface area contributed by atoms with Crippen molar-refractivity contribution in [1.29, 1.82) is 0 Å². The number of hydrogen-bond donors (Lipinski definition) is 1. The highest BCUT2D eigenvalue weighted by Gasteiger charge is 2.47. The maximum Gasteiger partial charge on any atom is 0.252 e. The van der Waals surface area contributed by atoms with E-state index < -0.39 is 17.1 Å². The molecule has 2 fully saturated rings. The Labute approximate surface area is 206 Å². The Morgan fingerprint density at radius 1 is 0.944 bits per heavy atom. The molecule has 2 aromatic carbocycles. The minimum absolute atomic E-state index is 0.0219. The quantitative estimate of drug-likeness (QED) is 0.469. The van der Waals surface area contributed by atoms with Gasteiger partial charge in [-0.2, -0.15) is 0 Å². The number of carbonyl (C=O) groups is 2. The number of anilines is 1. The lowest BCUT2D eigenvalue weighted by atomic mass is 9.73. The molecule has 2 aliphatic heterocycles. The monoisotopic (exact) mass is 489 g/mol. The number of halogens is 2. The van der Waals surface area contributed by atoms with Crippen LogP contribution in [0.3, 0.4) is 0 Å². The lowest BCUT2D eigenvalue weighted by molar-refractivity contribution is -0.131. The fraction of sp³-hybridized carbons (Fsp3) is 0.296. The summed E-state index contributed by atoms with van der Waals surface area (Å²) in [6.07, 6.45) is 6.10. The predicted molar refractivity (Wildman–Crippen MR) is 133 cm³/mol. The minimum Gasteiger partial charge on any atom is -0.365 e. The van der Waals surface area contributed by atoms with Gasteiger partial charge in [-0.15, -0.1) is 0 Å². The van der Waals surface area contributed by atoms with E-state index in [1.807, 2.05) is 4.68 Å². The number of aromatic nitrogens is 2. The summed E-state index contributed by atoms with van der Waals surface area (Å²) in [6, 6.07) is 10.5. The summed E-state index contributed by atoms with van der Waals surface area (Å²) in [7, 11) is 0. The zero-order chi connectivity index (χ0) is 25.0. The van der Waals surface area contributed by atoms with Crippen molar-refractivity contribution < 1.29 is 18.4 Å². The van der Waals surface area contributed by atoms with Crippen LogP contribution < -0.4 is 15.6 Å². The molecule has 2 aliphatic rings. The van der Waals surface area contributed by atoms with Gasteiger partial charge in [-0.25, -0.2) is 8.78 Å². The molecule has 0 unspecified atom stereocenters. The second-order valence-corrected chi connectivity index (χ2v) is 9.73. The molecule has 0 aliphatic carbocycles. The Balaban J connectivity index is 1.46. The van der Waals surface area contributed by atoms with Crippen molar-refractivity contribution in [3.63, 3.8) is 0 Å². The van der Waals surface area contributed by atoms with E-state index in [4.69, 9.17) is 5.73 Å². The van der Waals surface area contributed by atoms with Crippen molar-refractivity contribution in [2.75, 3.05) is 29.5 Å². The second-order valence-electron chi connectivity index (χ2n) is 9.73. The molecule has 1 atom stereocenters. The maximum absolute atomic E-state index is 14.2. The highest BCUT2D eigenvalue weighted by Crippen LogP contribution is 2.42. The fourth-order valence-electron chi connectivity index (χ4n) is 5.98. The van der Waals surface area contributed by atoms with E-state index in [0.29, 0.717) is 41.6 Å². The molecule has 0 radical (unpaired) electrons. The van der Waals surface area contributed by atoms with Gasteiger partial charge in [0.2, 0.25) is 5.91 Å². The first-order chi connectivity index (χ1) is 17.4. The molecule has 0 bridgehead atoms. The van der Waals surface area contributed by atoms with E-state index in [1.165, 1.54) is 30.5 Å². The summed E-state index contributed by atoms with van der Waals surface area (Å²) >= 11 is 0. The van der Waals surface area contributed by atoms with Gasteiger partial charge in [0.05, 0.1) is 22.0 Å². The summed E-state index contributed by atoms with van der Waals surface area (Å²) in [5, 5.41) is 3.33. The van der Waals surface area contributed by atoms with Gasteiger partial charge in [-0.05, 0) is 68.1 Å². The minimum atomic E-state index is -0.631. The van der Waals surface area contributed by atoms with Gasteiger partial charge in [-0.3, -0.25) is 19.2 Å². The van der Waals surface area contributed by atoms with Gasteiger partial charge in [0.25, 0.3) is 5.91 Å². The van der Waals surface area contributed by atoms with Crippen molar-refractivity contribution in [3.8, 4) is 0 Å². The lowest BCUT2D eigenvalue weighted by Crippen LogP contribution is -2.58. The number of nitrogens with zero attached hydrogens (tertiary/aromatic N) is 4. The van der Waals surface area contributed by atoms with Gasteiger partial charge in [0.1, 0.15) is 11.6 Å². The molecule has 184 valence electrons. The first kappa shape index (κ1) is 22.5. The average molecular weight is 490 g/mol. The third-order valence-corrected chi connectivity index (χ3v) is 7.59. The molecule has 4 heterocycles. The number of primary amides is 1. The SMILES string of the molecule is NC(=O)c1cncc2c3cc(F)ccc3n(N3CCC[C@@]4(CCCN(c5ccc(F)cc5)C4=O)C3)c12. The number of benzene rings is 2. The molecule has 9 heteroatoms. The Kier molecular flexibility index (Phi) is 5.17. The first-order valence-corrected chi connectivity index (χ1v) is 12.1. The lowest BCUT2D eigenvalue weighted by Gasteiger charge is -2.48. The van der Waals surface area contributed by atoms with Crippen LogP contribution >= 0.6 is 0 Å². The Bertz CT molecular complexity index is 1510. The van der Waals surface area contributed by atoms with Gasteiger partial charge >= 0.3 is 0 Å². The normalized spacial score (nSPS) is 20.6. The topological polar surface area (TPSA) is 84.5 Å². The number of piperidine rings is 2. The molecule has 2 saturated heterocycles. The van der Waals surface area contributed by atoms with Gasteiger partial charge < -0.3 is 15.6 Å². The Morgan fingerprint density at radius 2 is 1.67 bits per heavy atom. The van der Waals surface area contributed by atoms with Crippen molar-refractivity contribution in [2.45, 2.75) is 25.7 Å². The van der Waals surface area contributed by atoms with E-state index in [0.717, 1.165) is 31.2 Å². The summed E-state index contributed by atoms with van der Waals surface area (Å²) in [5.41, 5.74) is 7.29. The van der Waals surface area contributed by atoms with E-state index in [-0.39, 0.29) is 17.3 Å². The van der Waals surface area contributed by atoms with Crippen LogP contribution in [0.5, 0.6) is 0 Å². The zero-order valence-electron chi connectivity index (χ0n) is 19.6. The Hall–Kier alpha value is -4.01. The van der Waals surface area contributed by atoms with Crippen LogP contribution in [0.1, 0.15) is 36.0 Å². The molecule has 36 heavy (non-hydrogen) atoms. The molecule has 4 aromatic rings. The Morgan fingerprint density at radius 3 is 2.42 bits per heavy atom. The molecule has 6 rings (SSSR count). The summed E-state index contributed by atoms with van der Waals surface area (Å²) in [5.74, 6) is -1.34. The molecule has 1 spiro atoms. The molecule has 2 aromatic heterocycles. The van der Waals surface area contributed by atoms with E-state index >= 15 is 0 Å². The van der Waals surface area contributed by atoms with Crippen LogP contribution in [0.2, 0.25) is 0 Å². The summed E-state index contributed by atoms with van der Waals surface area (Å²) in [6.45, 7) is 1.67. The number of amides is 2. The molecule has 0 saturated carbocycles. The van der Waals surface area contributed by atoms with Crippen molar-refractivity contribution in [2.24, 2.45) is 11.1 Å². The second kappa shape index (κ2) is 8.29. The molecule has 2 N–H and O–H groups in total. The number of pyridine rings is 1. The van der Waals surface area contributed by atoms with Crippen molar-refractivity contribution in [1.82, 2.24) is 9.66 Å². The van der Waals surface area contributed by atoms with E-state index in [2.05, 4.69) is 9.99 Å². The zero-order valence-corrected chi connectivity index (χ0v) is 19.6. The third kappa shape index (κ3) is 3.41. The van der Waals surface area contributed by atoms with Gasteiger partial charge in [0, 0.05) is 48.5 Å². The highest BCUT2D eigenvalue weighted by atomic mass is 19.1. The number of rotatable bonds is 3. The van der Waals surface area contributed by atoms with Crippen LogP contribution in [-0.2, 0) is 4.79 Å². The first-order valence-electron chi connectivity index (χ1n) is 12.1. The third-order valence-electron chi connectivity index (χ3n) is 7.59. The average Bonchev–Trinajstić information content (AvgIpc) is 3.20. The maximum atomic E-state index is 14.2. The number of hydrogen-bond acceptors (Lipinski definition) is 4. The number of carbonyl (C=O) groups excluding carboxylic acids is 2. The fourth-order valence-corrected chi connectivity index (χ4v) is 5.98. The van der Waals surface area contributed by atoms with E-state index in [1.54, 1.807) is 29.3 Å². The number of nitrogens with two attached hydrogens (primary N) is 1.